The summed E-state index contributed by atoms with van der Waals surface area (Å²) in [5, 5.41) is 10.2. The highest BCUT2D eigenvalue weighted by Crippen LogP contribution is 2.29. The van der Waals surface area contributed by atoms with Crippen molar-refractivity contribution in [2.45, 2.75) is 19.3 Å². The molecule has 3 aromatic rings. The number of benzene rings is 1. The van der Waals surface area contributed by atoms with Crippen molar-refractivity contribution in [2.75, 3.05) is 18.0 Å². The number of furan rings is 1. The molecule has 2 aromatic heterocycles. The number of nitrogens with zero attached hydrogens (tertiary/aromatic N) is 3. The van der Waals surface area contributed by atoms with E-state index in [-0.39, 0.29) is 0 Å². The van der Waals surface area contributed by atoms with E-state index in [0.29, 0.717) is 11.3 Å². The Morgan fingerprint density at radius 3 is 2.79 bits per heavy atom. The minimum Gasteiger partial charge on any atom is -0.441 e. The third-order valence-electron chi connectivity index (χ3n) is 4.21. The molecule has 0 aliphatic carbocycles. The zero-order valence-electron chi connectivity index (χ0n) is 13.2. The summed E-state index contributed by atoms with van der Waals surface area (Å²) < 4.78 is 7.01. The van der Waals surface area contributed by atoms with E-state index in [9.17, 15) is 5.26 Å². The van der Waals surface area contributed by atoms with Gasteiger partial charge in [0.15, 0.2) is 5.88 Å². The SMILES string of the molecule is N#C/C(=C/c1ccc(N2CCCCC2)o1)c1nc2ccccc2s1. The number of hydrogen-bond acceptors (Lipinski definition) is 5. The average molecular weight is 335 g/mol. The van der Waals surface area contributed by atoms with E-state index < -0.39 is 0 Å². The molecule has 0 saturated carbocycles. The minimum atomic E-state index is 0.538. The van der Waals surface area contributed by atoms with Crippen LogP contribution in [-0.4, -0.2) is 18.1 Å². The van der Waals surface area contributed by atoms with E-state index in [1.54, 1.807) is 6.08 Å². The first-order valence-electron chi connectivity index (χ1n) is 8.16. The van der Waals surface area contributed by atoms with Gasteiger partial charge in [-0.3, -0.25) is 0 Å². The van der Waals surface area contributed by atoms with E-state index >= 15 is 0 Å². The molecule has 1 fully saturated rings. The molecular formula is C19H17N3OS. The summed E-state index contributed by atoms with van der Waals surface area (Å²) >= 11 is 1.53. The maximum Gasteiger partial charge on any atom is 0.196 e. The molecule has 0 bridgehead atoms. The molecule has 1 aliphatic rings. The van der Waals surface area contributed by atoms with Gasteiger partial charge in [-0.1, -0.05) is 12.1 Å². The second kappa shape index (κ2) is 6.50. The Kier molecular flexibility index (Phi) is 4.06. The highest BCUT2D eigenvalue weighted by molar-refractivity contribution is 7.19. The highest BCUT2D eigenvalue weighted by Gasteiger charge is 2.15. The van der Waals surface area contributed by atoms with Crippen molar-refractivity contribution >= 4 is 39.1 Å². The van der Waals surface area contributed by atoms with Crippen LogP contribution in [0.1, 0.15) is 30.0 Å². The molecule has 0 amide bonds. The Bertz CT molecular complexity index is 892. The summed E-state index contributed by atoms with van der Waals surface area (Å²) in [5.74, 6) is 1.59. The summed E-state index contributed by atoms with van der Waals surface area (Å²) in [6, 6.07) is 14.1. The molecular weight excluding hydrogens is 318 g/mol. The van der Waals surface area contributed by atoms with Crippen LogP contribution in [0.5, 0.6) is 0 Å². The maximum absolute atomic E-state index is 9.52. The number of aromatic nitrogens is 1. The number of nitriles is 1. The summed E-state index contributed by atoms with van der Waals surface area (Å²) in [7, 11) is 0. The van der Waals surface area contributed by atoms with Gasteiger partial charge in [0, 0.05) is 25.2 Å². The number of piperidine rings is 1. The second-order valence-corrected chi connectivity index (χ2v) is 6.91. The number of para-hydroxylation sites is 1. The van der Waals surface area contributed by atoms with Crippen LogP contribution >= 0.6 is 11.3 Å². The third kappa shape index (κ3) is 2.93. The number of fused-ring (bicyclic) bond motifs is 1. The fourth-order valence-corrected chi connectivity index (χ4v) is 3.91. The molecule has 0 N–H and O–H groups in total. The lowest BCUT2D eigenvalue weighted by atomic mass is 10.1. The zero-order chi connectivity index (χ0) is 16.4. The second-order valence-electron chi connectivity index (χ2n) is 5.88. The van der Waals surface area contributed by atoms with Crippen molar-refractivity contribution in [3.05, 3.63) is 47.2 Å². The molecule has 24 heavy (non-hydrogen) atoms. The Morgan fingerprint density at radius 2 is 2.00 bits per heavy atom. The summed E-state index contributed by atoms with van der Waals surface area (Å²) in [6.45, 7) is 2.08. The molecule has 1 aliphatic heterocycles. The van der Waals surface area contributed by atoms with Crippen molar-refractivity contribution < 1.29 is 4.42 Å². The number of hydrogen-bond donors (Lipinski definition) is 0. The first kappa shape index (κ1) is 15.0. The quantitative estimate of drug-likeness (QED) is 0.636. The summed E-state index contributed by atoms with van der Waals surface area (Å²) in [6.07, 6.45) is 5.49. The van der Waals surface area contributed by atoms with E-state index in [2.05, 4.69) is 16.0 Å². The van der Waals surface area contributed by atoms with Gasteiger partial charge in [0.05, 0.1) is 15.8 Å². The maximum atomic E-state index is 9.52. The Morgan fingerprint density at radius 1 is 1.17 bits per heavy atom. The summed E-state index contributed by atoms with van der Waals surface area (Å²) in [4.78, 5) is 6.82. The number of rotatable bonds is 3. The molecule has 5 heteroatoms. The van der Waals surface area contributed by atoms with Gasteiger partial charge in [0.2, 0.25) is 0 Å². The van der Waals surface area contributed by atoms with Crippen LogP contribution in [0.2, 0.25) is 0 Å². The average Bonchev–Trinajstić information content (AvgIpc) is 3.27. The molecule has 4 rings (SSSR count). The largest absolute Gasteiger partial charge is 0.441 e. The minimum absolute atomic E-state index is 0.538. The van der Waals surface area contributed by atoms with E-state index in [4.69, 9.17) is 4.42 Å². The van der Waals surface area contributed by atoms with Crippen molar-refractivity contribution in [1.82, 2.24) is 4.98 Å². The van der Waals surface area contributed by atoms with Crippen LogP contribution in [0, 0.1) is 11.3 Å². The number of thiazole rings is 1. The van der Waals surface area contributed by atoms with Gasteiger partial charge in [0.1, 0.15) is 16.8 Å². The van der Waals surface area contributed by atoms with Gasteiger partial charge in [-0.25, -0.2) is 4.98 Å². The van der Waals surface area contributed by atoms with Crippen LogP contribution in [0.25, 0.3) is 21.9 Å². The molecule has 1 saturated heterocycles. The smallest absolute Gasteiger partial charge is 0.196 e. The molecule has 0 atom stereocenters. The van der Waals surface area contributed by atoms with Crippen LogP contribution in [0.4, 0.5) is 5.88 Å². The van der Waals surface area contributed by atoms with Crippen molar-refractivity contribution in [3.8, 4) is 6.07 Å². The third-order valence-corrected chi connectivity index (χ3v) is 5.28. The van der Waals surface area contributed by atoms with E-state index in [0.717, 1.165) is 34.2 Å². The fraction of sp³-hybridized carbons (Fsp3) is 0.263. The van der Waals surface area contributed by atoms with Gasteiger partial charge in [-0.2, -0.15) is 5.26 Å². The molecule has 1 aromatic carbocycles. The van der Waals surface area contributed by atoms with Gasteiger partial charge in [0.25, 0.3) is 0 Å². The van der Waals surface area contributed by atoms with E-state index in [1.165, 1.54) is 30.6 Å². The normalized spacial score (nSPS) is 15.6. The molecule has 3 heterocycles. The van der Waals surface area contributed by atoms with Crippen LogP contribution in [0.3, 0.4) is 0 Å². The molecule has 0 radical (unpaired) electrons. The highest BCUT2D eigenvalue weighted by atomic mass is 32.1. The predicted octanol–water partition coefficient (Wildman–Crippen LogP) is 4.94. The molecule has 0 unspecified atom stereocenters. The monoisotopic (exact) mass is 335 g/mol. The van der Waals surface area contributed by atoms with Gasteiger partial charge < -0.3 is 9.32 Å². The van der Waals surface area contributed by atoms with Crippen LogP contribution in [0.15, 0.2) is 40.8 Å². The predicted molar refractivity (Wildman–Crippen MR) is 97.9 cm³/mol. The van der Waals surface area contributed by atoms with Gasteiger partial charge in [-0.05, 0) is 37.5 Å². The summed E-state index contributed by atoms with van der Waals surface area (Å²) in [5.41, 5.74) is 1.46. The van der Waals surface area contributed by atoms with Gasteiger partial charge >= 0.3 is 0 Å². The zero-order valence-corrected chi connectivity index (χ0v) is 14.1. The van der Waals surface area contributed by atoms with Crippen molar-refractivity contribution in [1.29, 1.82) is 5.26 Å². The first-order chi connectivity index (χ1) is 11.8. The van der Waals surface area contributed by atoms with Gasteiger partial charge in [-0.15, -0.1) is 11.3 Å². The molecule has 4 nitrogen and oxygen atoms in total. The lowest BCUT2D eigenvalue weighted by molar-refractivity contribution is 0.496. The standard InChI is InChI=1S/C19H17N3OS/c20-13-14(19-21-16-6-2-3-7-17(16)24-19)12-15-8-9-18(23-15)22-10-4-1-5-11-22/h2-3,6-9,12H,1,4-5,10-11H2/b14-12-. The topological polar surface area (TPSA) is 53.1 Å². The van der Waals surface area contributed by atoms with Crippen LogP contribution in [-0.2, 0) is 0 Å². The number of allylic oxidation sites excluding steroid dienone is 1. The van der Waals surface area contributed by atoms with Crippen LogP contribution < -0.4 is 4.90 Å². The lowest BCUT2D eigenvalue weighted by Gasteiger charge is -2.25. The molecule has 0 spiro atoms. The Balaban J connectivity index is 1.63. The van der Waals surface area contributed by atoms with Crippen molar-refractivity contribution in [2.24, 2.45) is 0 Å². The van der Waals surface area contributed by atoms with Crippen molar-refractivity contribution in [3.63, 3.8) is 0 Å². The lowest BCUT2D eigenvalue weighted by Crippen LogP contribution is -2.28. The number of anilines is 1. The van der Waals surface area contributed by atoms with E-state index in [1.807, 2.05) is 36.4 Å². The first-order valence-corrected chi connectivity index (χ1v) is 8.98. The Labute approximate surface area is 144 Å². The molecule has 120 valence electrons. The fourth-order valence-electron chi connectivity index (χ4n) is 2.98. The Hall–Kier alpha value is -2.58.